The molecule has 0 spiro atoms. The summed E-state index contributed by atoms with van der Waals surface area (Å²) in [4.78, 5) is 10.9. The molecule has 0 saturated heterocycles. The van der Waals surface area contributed by atoms with Gasteiger partial charge >= 0.3 is 0 Å². The van der Waals surface area contributed by atoms with Gasteiger partial charge in [-0.3, -0.25) is 10.2 Å². The van der Waals surface area contributed by atoms with E-state index in [2.05, 4.69) is 0 Å². The van der Waals surface area contributed by atoms with Gasteiger partial charge in [-0.1, -0.05) is 12.1 Å². The van der Waals surface area contributed by atoms with Gasteiger partial charge in [-0.15, -0.1) is 12.4 Å². The van der Waals surface area contributed by atoms with Crippen molar-refractivity contribution in [1.82, 2.24) is 5.43 Å². The van der Waals surface area contributed by atoms with Crippen LogP contribution in [0.3, 0.4) is 0 Å². The Morgan fingerprint density at radius 2 is 1.85 bits per heavy atom. The highest BCUT2D eigenvalue weighted by atomic mass is 35.5. The Hall–Kier alpha value is -1.10. The van der Waals surface area contributed by atoms with Crippen LogP contribution in [0.5, 0.6) is 0 Å². The zero-order valence-electron chi connectivity index (χ0n) is 6.99. The predicted octanol–water partition coefficient (Wildman–Crippen LogP) is 0.171. The third kappa shape index (κ3) is 3.02. The molecule has 1 aromatic carbocycles. The fraction of sp³-hybridized carbons (Fsp3) is 0.125. The molecule has 0 atom stereocenters. The lowest BCUT2D eigenvalue weighted by atomic mass is 10.1. The maximum atomic E-state index is 10.9. The van der Waals surface area contributed by atoms with Gasteiger partial charge in [0, 0.05) is 12.1 Å². The quantitative estimate of drug-likeness (QED) is 0.363. The van der Waals surface area contributed by atoms with E-state index in [0.29, 0.717) is 12.1 Å². The molecule has 0 heterocycles. The van der Waals surface area contributed by atoms with Crippen LogP contribution in [0.25, 0.3) is 0 Å². The smallest absolute Gasteiger partial charge is 0.265 e. The molecule has 0 bridgehead atoms. The molecule has 0 aromatic heterocycles. The molecule has 13 heavy (non-hydrogen) atoms. The number of carbonyl (C=O) groups excluding carboxylic acids is 1. The first-order chi connectivity index (χ1) is 5.77. The number of nitrogens with two attached hydrogens (primary N) is 2. The minimum Gasteiger partial charge on any atom is -0.326 e. The van der Waals surface area contributed by atoms with Crippen LogP contribution in [0.2, 0.25) is 0 Å². The van der Waals surface area contributed by atoms with E-state index in [9.17, 15) is 4.79 Å². The van der Waals surface area contributed by atoms with Gasteiger partial charge in [-0.05, 0) is 17.7 Å². The minimum absolute atomic E-state index is 0. The van der Waals surface area contributed by atoms with Crippen LogP contribution < -0.4 is 17.0 Å². The highest BCUT2D eigenvalue weighted by Crippen LogP contribution is 2.02. The average molecular weight is 202 g/mol. The maximum absolute atomic E-state index is 10.9. The van der Waals surface area contributed by atoms with Gasteiger partial charge in [0.2, 0.25) is 0 Å². The monoisotopic (exact) mass is 201 g/mol. The number of hydrogen-bond acceptors (Lipinski definition) is 3. The molecule has 0 radical (unpaired) electrons. The van der Waals surface area contributed by atoms with Crippen LogP contribution in [0.15, 0.2) is 24.3 Å². The number of amides is 1. The van der Waals surface area contributed by atoms with E-state index in [1.54, 1.807) is 24.3 Å². The fourth-order valence-corrected chi connectivity index (χ4v) is 0.876. The van der Waals surface area contributed by atoms with Crippen LogP contribution in [-0.2, 0) is 6.54 Å². The molecule has 5 N–H and O–H groups in total. The van der Waals surface area contributed by atoms with Gasteiger partial charge in [-0.25, -0.2) is 5.84 Å². The Kier molecular flexibility index (Phi) is 5.06. The van der Waals surface area contributed by atoms with E-state index in [4.69, 9.17) is 11.6 Å². The Morgan fingerprint density at radius 3 is 2.23 bits per heavy atom. The van der Waals surface area contributed by atoms with Crippen LogP contribution in [0.1, 0.15) is 15.9 Å². The third-order valence-electron chi connectivity index (χ3n) is 1.58. The Morgan fingerprint density at radius 1 is 1.31 bits per heavy atom. The SMILES string of the molecule is Cl.NCc1ccc(C(=O)NN)cc1. The molecule has 1 rings (SSSR count). The van der Waals surface area contributed by atoms with E-state index in [1.807, 2.05) is 5.43 Å². The summed E-state index contributed by atoms with van der Waals surface area (Å²) in [6.07, 6.45) is 0. The highest BCUT2D eigenvalue weighted by Gasteiger charge is 2.00. The highest BCUT2D eigenvalue weighted by molar-refractivity contribution is 5.93. The summed E-state index contributed by atoms with van der Waals surface area (Å²) < 4.78 is 0. The normalized spacial score (nSPS) is 8.77. The molecule has 1 aromatic rings. The van der Waals surface area contributed by atoms with Crippen molar-refractivity contribution < 1.29 is 4.79 Å². The lowest BCUT2D eigenvalue weighted by molar-refractivity contribution is 0.0953. The van der Waals surface area contributed by atoms with Gasteiger partial charge in [-0.2, -0.15) is 0 Å². The molecule has 4 nitrogen and oxygen atoms in total. The van der Waals surface area contributed by atoms with Gasteiger partial charge in [0.1, 0.15) is 0 Å². The second-order valence-electron chi connectivity index (χ2n) is 2.37. The van der Waals surface area contributed by atoms with E-state index in [-0.39, 0.29) is 18.3 Å². The zero-order valence-corrected chi connectivity index (χ0v) is 7.80. The van der Waals surface area contributed by atoms with E-state index in [1.165, 1.54) is 0 Å². The first-order valence-electron chi connectivity index (χ1n) is 3.58. The van der Waals surface area contributed by atoms with Gasteiger partial charge in [0.05, 0.1) is 0 Å². The summed E-state index contributed by atoms with van der Waals surface area (Å²) >= 11 is 0. The van der Waals surface area contributed by atoms with Gasteiger partial charge in [0.25, 0.3) is 5.91 Å². The largest absolute Gasteiger partial charge is 0.326 e. The summed E-state index contributed by atoms with van der Waals surface area (Å²) in [6, 6.07) is 6.96. The second-order valence-corrected chi connectivity index (χ2v) is 2.37. The van der Waals surface area contributed by atoms with Crippen molar-refractivity contribution >= 4 is 18.3 Å². The molecule has 0 saturated carbocycles. The third-order valence-corrected chi connectivity index (χ3v) is 1.58. The average Bonchev–Trinajstić information content (AvgIpc) is 2.17. The van der Waals surface area contributed by atoms with E-state index in [0.717, 1.165) is 5.56 Å². The van der Waals surface area contributed by atoms with Crippen molar-refractivity contribution in [2.75, 3.05) is 0 Å². The standard InChI is InChI=1S/C8H11N3O.ClH/c9-5-6-1-3-7(4-2-6)8(12)11-10;/h1-4H,5,9-10H2,(H,11,12);1H. The molecule has 0 unspecified atom stereocenters. The van der Waals surface area contributed by atoms with Crippen LogP contribution >= 0.6 is 12.4 Å². The molecule has 72 valence electrons. The lowest BCUT2D eigenvalue weighted by Gasteiger charge is -2.00. The summed E-state index contributed by atoms with van der Waals surface area (Å²) in [5.74, 6) is 4.66. The molecule has 0 aliphatic heterocycles. The molecule has 0 fully saturated rings. The first-order valence-corrected chi connectivity index (χ1v) is 3.58. The number of carbonyl (C=O) groups is 1. The summed E-state index contributed by atoms with van der Waals surface area (Å²) in [6.45, 7) is 0.477. The minimum atomic E-state index is -0.293. The van der Waals surface area contributed by atoms with Crippen LogP contribution in [0, 0.1) is 0 Å². The van der Waals surface area contributed by atoms with E-state index < -0.39 is 0 Å². The summed E-state index contributed by atoms with van der Waals surface area (Å²) in [5.41, 5.74) is 8.96. The number of nitrogen functional groups attached to an aromatic ring is 1. The van der Waals surface area contributed by atoms with Crippen molar-refractivity contribution in [1.29, 1.82) is 0 Å². The Balaban J connectivity index is 0.00000144. The maximum Gasteiger partial charge on any atom is 0.265 e. The molecule has 1 amide bonds. The summed E-state index contributed by atoms with van der Waals surface area (Å²) in [7, 11) is 0. The summed E-state index contributed by atoms with van der Waals surface area (Å²) in [5, 5.41) is 0. The molecule has 0 aliphatic carbocycles. The number of halogens is 1. The van der Waals surface area contributed by atoms with Crippen LogP contribution in [-0.4, -0.2) is 5.91 Å². The lowest BCUT2D eigenvalue weighted by Crippen LogP contribution is -2.29. The Labute approximate surface area is 82.7 Å². The first kappa shape index (κ1) is 11.9. The molecular weight excluding hydrogens is 190 g/mol. The topological polar surface area (TPSA) is 81.1 Å². The number of nitrogens with one attached hydrogen (secondary N) is 1. The molecular formula is C8H12ClN3O. The predicted molar refractivity (Wildman–Crippen MR) is 53.2 cm³/mol. The van der Waals surface area contributed by atoms with Crippen molar-refractivity contribution in [2.45, 2.75) is 6.54 Å². The van der Waals surface area contributed by atoms with Gasteiger partial charge < -0.3 is 5.73 Å². The van der Waals surface area contributed by atoms with Crippen molar-refractivity contribution in [2.24, 2.45) is 11.6 Å². The number of benzene rings is 1. The molecule has 5 heteroatoms. The number of hydrazine groups is 1. The van der Waals surface area contributed by atoms with Crippen molar-refractivity contribution in [3.63, 3.8) is 0 Å². The van der Waals surface area contributed by atoms with Crippen molar-refractivity contribution in [3.8, 4) is 0 Å². The number of rotatable bonds is 2. The number of hydrogen-bond donors (Lipinski definition) is 3. The van der Waals surface area contributed by atoms with Crippen molar-refractivity contribution in [3.05, 3.63) is 35.4 Å². The second kappa shape index (κ2) is 5.53. The zero-order chi connectivity index (χ0) is 8.97. The molecule has 0 aliphatic rings. The fourth-order valence-electron chi connectivity index (χ4n) is 0.876. The van der Waals surface area contributed by atoms with E-state index >= 15 is 0 Å². The van der Waals surface area contributed by atoms with Crippen LogP contribution in [0.4, 0.5) is 0 Å². The Bertz CT molecular complexity index is 273. The van der Waals surface area contributed by atoms with Gasteiger partial charge in [0.15, 0.2) is 0 Å².